The molecule has 0 spiro atoms. The van der Waals surface area contributed by atoms with E-state index in [0.29, 0.717) is 16.0 Å². The van der Waals surface area contributed by atoms with Crippen molar-refractivity contribution in [2.75, 3.05) is 0 Å². The van der Waals surface area contributed by atoms with Crippen LogP contribution in [0, 0.1) is 43.1 Å². The Morgan fingerprint density at radius 1 is 0.597 bits per heavy atom. The maximum atomic E-state index is 13.2. The number of hydrogen-bond donors (Lipinski definition) is 2. The van der Waals surface area contributed by atoms with Crippen LogP contribution in [0.15, 0.2) is 180 Å². The van der Waals surface area contributed by atoms with Gasteiger partial charge in [0, 0.05) is 144 Å². The molecule has 10 aromatic rings. The predicted molar refractivity (Wildman–Crippen MR) is 253 cm³/mol. The van der Waals surface area contributed by atoms with Gasteiger partial charge in [0.05, 0.1) is 0 Å². The van der Waals surface area contributed by atoms with E-state index in [1.807, 2.05) is 79.9 Å². The van der Waals surface area contributed by atoms with Gasteiger partial charge in [-0.15, -0.1) is 35.9 Å². The summed E-state index contributed by atoms with van der Waals surface area (Å²) in [4.78, 5) is 31.7. The summed E-state index contributed by atoms with van der Waals surface area (Å²) in [6, 6.07) is 53.8. The zero-order valence-corrected chi connectivity index (χ0v) is 51.9. The molecule has 0 aliphatic rings. The van der Waals surface area contributed by atoms with Crippen LogP contribution in [0.25, 0.3) is 28.4 Å². The minimum atomic E-state index is -1.03. The van der Waals surface area contributed by atoms with Gasteiger partial charge in [-0.1, -0.05) is 27.3 Å². The van der Waals surface area contributed by atoms with E-state index in [1.165, 1.54) is 27.1 Å². The Bertz CT molecular complexity index is 3060. The molecule has 15 nitrogen and oxygen atoms in total. The summed E-state index contributed by atoms with van der Waals surface area (Å²) in [6.45, 7) is 2.04. The summed E-state index contributed by atoms with van der Waals surface area (Å²) in [6.07, 6.45) is 11.0. The van der Waals surface area contributed by atoms with E-state index in [-0.39, 0.29) is 118 Å². The van der Waals surface area contributed by atoms with E-state index in [2.05, 4.69) is 87.7 Å². The summed E-state index contributed by atoms with van der Waals surface area (Å²) in [5, 5.41) is 28.7. The molecule has 0 fully saturated rings. The minimum Gasteiger partial charge on any atom is -0.476 e. The quantitative estimate of drug-likeness (QED) is 0.111. The van der Waals surface area contributed by atoms with Crippen molar-refractivity contribution in [3.05, 3.63) is 239 Å². The molecule has 5 aromatic carbocycles. The summed E-state index contributed by atoms with van der Waals surface area (Å²) in [5.74, 6) is -1.89. The van der Waals surface area contributed by atoms with Crippen molar-refractivity contribution in [3.8, 4) is 28.4 Å². The van der Waals surface area contributed by atoms with Crippen molar-refractivity contribution in [2.45, 2.75) is 6.92 Å². The van der Waals surface area contributed by atoms with E-state index in [0.717, 1.165) is 33.5 Å². The topological polar surface area (TPSA) is 187 Å². The van der Waals surface area contributed by atoms with E-state index < -0.39 is 11.9 Å². The van der Waals surface area contributed by atoms with E-state index in [4.69, 9.17) is 10.8 Å². The van der Waals surface area contributed by atoms with Crippen molar-refractivity contribution in [1.29, 1.82) is 0 Å². The molecule has 0 unspecified atom stereocenters. The number of halogens is 3. The number of amides is 1. The largest absolute Gasteiger partial charge is 0.476 e. The summed E-state index contributed by atoms with van der Waals surface area (Å²) in [5.41, 5.74) is 10.6. The van der Waals surface area contributed by atoms with Crippen LogP contribution < -0.4 is 5.73 Å². The number of carbonyl (C=O) groups is 3. The van der Waals surface area contributed by atoms with Gasteiger partial charge in [-0.05, 0) is 74.7 Å². The van der Waals surface area contributed by atoms with Crippen LogP contribution in [0.4, 0.5) is 4.39 Å². The third-order valence-corrected chi connectivity index (χ3v) is 9.87. The molecule has 5 radical (unpaired) electrons. The molecule has 72 heavy (non-hydrogen) atoms. The molecule has 5 heterocycles. The zero-order valence-electron chi connectivity index (χ0n) is 36.8. The standard InChI is InChI=1S/C10H8BrN2.C10H8N3O.C10H7N2O2.C10H7N2O.C9H5BrFN2.5Ir/c1-8-3-4-9(7-10(8)11)13-6-2-5-12-13;11-10(14)9-6-7-13(12-9)8-4-2-1-3-5-8;13-10(14)9-6-7-12(11-9)8-4-2-1-3-5-8;13-8-9-6-7-12(11-9)10-4-2-1-3-5-10;10-9-5-6-13(12-9)8-4-2-1-3-7(8)11;;;;;/h2-3,5-7H,1H3;1-4,6-7H,(H2,11,14);1-4,6-7H,(H,13,14);1-4,6-8H;1-3,5-6H;;;;;/q5*-1;;;;;. The zero-order chi connectivity index (χ0) is 47.5. The molecular formula is C49H35Br2FIr5N11O4-5. The van der Waals surface area contributed by atoms with Gasteiger partial charge in [-0.2, -0.15) is 129 Å². The normalized spacial score (nSPS) is 9.39. The van der Waals surface area contributed by atoms with E-state index in [1.54, 1.807) is 99.6 Å². The first-order chi connectivity index (χ1) is 32.5. The first-order valence-corrected chi connectivity index (χ1v) is 21.2. The Labute approximate surface area is 497 Å². The fourth-order valence-electron chi connectivity index (χ4n) is 5.36. The number of nitrogens with zero attached hydrogens (tertiary/aromatic N) is 10. The molecule has 23 heteroatoms. The summed E-state index contributed by atoms with van der Waals surface area (Å²) >= 11 is 6.66. The molecule has 0 saturated carbocycles. The number of carboxylic acids is 1. The molecule has 0 saturated heterocycles. The maximum absolute atomic E-state index is 13.2. The second kappa shape index (κ2) is 33.6. The Morgan fingerprint density at radius 3 is 1.54 bits per heavy atom. The monoisotopic (exact) mass is 1980 g/mol. The number of para-hydroxylation sites is 4. The van der Waals surface area contributed by atoms with Gasteiger partial charge in [-0.3, -0.25) is 37.4 Å². The van der Waals surface area contributed by atoms with Crippen LogP contribution in [0.5, 0.6) is 0 Å². The first kappa shape index (κ1) is 64.9. The van der Waals surface area contributed by atoms with Crippen LogP contribution in [-0.4, -0.2) is 72.2 Å². The Balaban J connectivity index is 0.000000442. The average Bonchev–Trinajstić information content (AvgIpc) is 4.23. The van der Waals surface area contributed by atoms with E-state index >= 15 is 0 Å². The van der Waals surface area contributed by atoms with Gasteiger partial charge in [0.15, 0.2) is 12.0 Å². The number of rotatable bonds is 8. The number of primary amides is 1. The Hall–Kier alpha value is -5.10. The summed E-state index contributed by atoms with van der Waals surface area (Å²) < 4.78 is 22.8. The van der Waals surface area contributed by atoms with Gasteiger partial charge in [-0.25, -0.2) is 4.79 Å². The van der Waals surface area contributed by atoms with Crippen molar-refractivity contribution in [1.82, 2.24) is 48.9 Å². The molecular weight excluding hydrogens is 1950 g/mol. The first-order valence-electron chi connectivity index (χ1n) is 19.6. The average molecular weight is 1980 g/mol. The Kier molecular flexibility index (Phi) is 30.3. The third kappa shape index (κ3) is 19.7. The molecule has 0 bridgehead atoms. The fourth-order valence-corrected chi connectivity index (χ4v) is 5.98. The number of carboxylic acid groups (broad SMARTS) is 1. The number of aryl methyl sites for hydroxylation is 1. The number of carbonyl (C=O) groups excluding carboxylic acids is 2. The van der Waals surface area contributed by atoms with Crippen molar-refractivity contribution in [2.24, 2.45) is 5.73 Å². The predicted octanol–water partition coefficient (Wildman–Crippen LogP) is 8.93. The van der Waals surface area contributed by atoms with Crippen molar-refractivity contribution < 1.29 is 124 Å². The molecule has 5 aromatic heterocycles. The minimum absolute atomic E-state index is 0. The maximum Gasteiger partial charge on any atom is 0.356 e. The van der Waals surface area contributed by atoms with Crippen LogP contribution in [-0.2, 0) is 101 Å². The van der Waals surface area contributed by atoms with Gasteiger partial charge in [0.25, 0.3) is 5.91 Å². The molecule has 3 N–H and O–H groups in total. The molecule has 381 valence electrons. The van der Waals surface area contributed by atoms with Crippen molar-refractivity contribution in [3.63, 3.8) is 0 Å². The molecule has 0 aliphatic carbocycles. The number of aromatic nitrogens is 10. The number of benzene rings is 5. The van der Waals surface area contributed by atoms with Gasteiger partial charge in [0.2, 0.25) is 0 Å². The van der Waals surface area contributed by atoms with E-state index in [9.17, 15) is 18.8 Å². The van der Waals surface area contributed by atoms with Gasteiger partial charge < -0.3 is 10.8 Å². The third-order valence-electron chi connectivity index (χ3n) is 8.60. The smallest absolute Gasteiger partial charge is 0.356 e. The number of aldehydes is 1. The summed E-state index contributed by atoms with van der Waals surface area (Å²) in [7, 11) is 0. The SMILES string of the molecule is Cc1c[c-]c(-n2cccn2)cc1Br.Fc1ccc[c-]c1-n1ccc(Br)n1.NC(=O)c1ccn(-c2[c-]cccc2)n1.O=C(O)c1ccn(-c2[c-]cccc2)n1.O=Cc1ccn(-c2[c-]cccc2)n1.[Ir].[Ir].[Ir].[Ir].[Ir]. The second-order valence-corrected chi connectivity index (χ2v) is 14.9. The van der Waals surface area contributed by atoms with Crippen LogP contribution in [0.2, 0.25) is 0 Å². The fraction of sp³-hybridized carbons (Fsp3) is 0.0204. The molecule has 0 aliphatic heterocycles. The second-order valence-electron chi connectivity index (χ2n) is 13.3. The van der Waals surface area contributed by atoms with Crippen molar-refractivity contribution >= 4 is 50.0 Å². The number of hydrogen-bond acceptors (Lipinski definition) is 8. The van der Waals surface area contributed by atoms with Crippen LogP contribution >= 0.6 is 31.9 Å². The molecule has 10 rings (SSSR count). The van der Waals surface area contributed by atoms with Crippen LogP contribution in [0.3, 0.4) is 0 Å². The molecule has 0 atom stereocenters. The Morgan fingerprint density at radius 2 is 1.12 bits per heavy atom. The van der Waals surface area contributed by atoms with Crippen LogP contribution in [0.1, 0.15) is 37.0 Å². The number of aromatic carboxylic acids is 1. The van der Waals surface area contributed by atoms with Gasteiger partial charge in [0.1, 0.15) is 16.0 Å². The number of nitrogens with two attached hydrogens (primary N) is 1. The molecule has 1 amide bonds. The van der Waals surface area contributed by atoms with Gasteiger partial charge >= 0.3 is 5.97 Å².